The molecule has 0 aliphatic heterocycles. The summed E-state index contributed by atoms with van der Waals surface area (Å²) < 4.78 is 5.38. The molecule has 0 bridgehead atoms. The summed E-state index contributed by atoms with van der Waals surface area (Å²) in [5.41, 5.74) is 0.200. The maximum atomic E-state index is 11.6. The standard InChI is InChI=1S/C12H9N3O2S/c1-18-12-14-7-10(11(16)15-12)17-9-4-2-8(6-13)3-5-9/h2-5,7H,1H3,(H,14,15,16). The van der Waals surface area contributed by atoms with Crippen LogP contribution >= 0.6 is 11.8 Å². The predicted molar refractivity (Wildman–Crippen MR) is 67.9 cm³/mol. The molecule has 6 heteroatoms. The van der Waals surface area contributed by atoms with Gasteiger partial charge in [0.15, 0.2) is 5.16 Å². The number of benzene rings is 1. The summed E-state index contributed by atoms with van der Waals surface area (Å²) in [6.07, 6.45) is 3.20. The number of H-pyrrole nitrogens is 1. The molecule has 90 valence electrons. The molecule has 0 amide bonds. The van der Waals surface area contributed by atoms with Crippen molar-refractivity contribution in [1.29, 1.82) is 5.26 Å². The highest BCUT2D eigenvalue weighted by Gasteiger charge is 2.04. The minimum absolute atomic E-state index is 0.123. The van der Waals surface area contributed by atoms with Crippen molar-refractivity contribution in [2.24, 2.45) is 0 Å². The Morgan fingerprint density at radius 1 is 1.39 bits per heavy atom. The Balaban J connectivity index is 2.23. The van der Waals surface area contributed by atoms with Crippen molar-refractivity contribution in [3.63, 3.8) is 0 Å². The Kier molecular flexibility index (Phi) is 3.65. The highest BCUT2D eigenvalue weighted by atomic mass is 32.2. The first-order chi connectivity index (χ1) is 8.72. The summed E-state index contributed by atoms with van der Waals surface area (Å²) in [6, 6.07) is 8.49. The van der Waals surface area contributed by atoms with Crippen molar-refractivity contribution < 1.29 is 4.74 Å². The first kappa shape index (κ1) is 12.2. The van der Waals surface area contributed by atoms with Gasteiger partial charge in [0.25, 0.3) is 5.56 Å². The molecule has 0 spiro atoms. The van der Waals surface area contributed by atoms with Gasteiger partial charge in [-0.15, -0.1) is 0 Å². The first-order valence-electron chi connectivity index (χ1n) is 5.04. The van der Waals surface area contributed by atoms with Crippen LogP contribution in [0.3, 0.4) is 0 Å². The molecule has 5 nitrogen and oxygen atoms in total. The molecular formula is C12H9N3O2S. The van der Waals surface area contributed by atoms with Gasteiger partial charge in [-0.05, 0) is 30.5 Å². The summed E-state index contributed by atoms with van der Waals surface area (Å²) in [4.78, 5) is 18.2. The minimum atomic E-state index is -0.335. The van der Waals surface area contributed by atoms with Gasteiger partial charge in [-0.2, -0.15) is 5.26 Å². The molecule has 1 aromatic heterocycles. The maximum Gasteiger partial charge on any atom is 0.294 e. The van der Waals surface area contributed by atoms with Crippen LogP contribution in [-0.4, -0.2) is 16.2 Å². The van der Waals surface area contributed by atoms with Crippen LogP contribution in [0.2, 0.25) is 0 Å². The fourth-order valence-electron chi connectivity index (χ4n) is 1.27. The number of hydrogen-bond acceptors (Lipinski definition) is 5. The van der Waals surface area contributed by atoms with Crippen molar-refractivity contribution >= 4 is 11.8 Å². The van der Waals surface area contributed by atoms with E-state index in [1.54, 1.807) is 24.3 Å². The van der Waals surface area contributed by atoms with E-state index in [1.165, 1.54) is 18.0 Å². The van der Waals surface area contributed by atoms with Crippen LogP contribution in [0.25, 0.3) is 0 Å². The quantitative estimate of drug-likeness (QED) is 0.675. The Labute approximate surface area is 107 Å². The third kappa shape index (κ3) is 2.70. The molecule has 0 aliphatic carbocycles. The van der Waals surface area contributed by atoms with Gasteiger partial charge in [0, 0.05) is 0 Å². The lowest BCUT2D eigenvalue weighted by molar-refractivity contribution is 0.469. The molecule has 18 heavy (non-hydrogen) atoms. The van der Waals surface area contributed by atoms with Crippen LogP contribution in [0.4, 0.5) is 0 Å². The number of aromatic nitrogens is 2. The average molecular weight is 259 g/mol. The largest absolute Gasteiger partial charge is 0.450 e. The lowest BCUT2D eigenvalue weighted by Gasteiger charge is -2.04. The van der Waals surface area contributed by atoms with Gasteiger partial charge in [-0.3, -0.25) is 9.78 Å². The lowest BCUT2D eigenvalue weighted by atomic mass is 10.2. The Hall–Kier alpha value is -2.26. The van der Waals surface area contributed by atoms with E-state index in [0.29, 0.717) is 16.5 Å². The lowest BCUT2D eigenvalue weighted by Crippen LogP contribution is -2.10. The molecule has 1 heterocycles. The SMILES string of the molecule is CSc1ncc(Oc2ccc(C#N)cc2)c(=O)[nH]1. The van der Waals surface area contributed by atoms with Crippen LogP contribution < -0.4 is 10.3 Å². The average Bonchev–Trinajstić information content (AvgIpc) is 2.42. The van der Waals surface area contributed by atoms with Crippen molar-refractivity contribution in [2.45, 2.75) is 5.16 Å². The predicted octanol–water partition coefficient (Wildman–Crippen LogP) is 2.16. The van der Waals surface area contributed by atoms with E-state index >= 15 is 0 Å². The minimum Gasteiger partial charge on any atom is -0.450 e. The number of rotatable bonds is 3. The summed E-state index contributed by atoms with van der Waals surface area (Å²) >= 11 is 1.34. The second-order valence-electron chi connectivity index (χ2n) is 3.32. The van der Waals surface area contributed by atoms with E-state index < -0.39 is 0 Å². The molecule has 1 aromatic carbocycles. The van der Waals surface area contributed by atoms with Crippen molar-refractivity contribution in [3.8, 4) is 17.6 Å². The Morgan fingerprint density at radius 2 is 2.11 bits per heavy atom. The summed E-state index contributed by atoms with van der Waals surface area (Å²) in [6.45, 7) is 0. The molecule has 0 aliphatic rings. The van der Waals surface area contributed by atoms with Gasteiger partial charge in [0.05, 0.1) is 17.8 Å². The fraction of sp³-hybridized carbons (Fsp3) is 0.0833. The van der Waals surface area contributed by atoms with E-state index in [2.05, 4.69) is 9.97 Å². The second-order valence-corrected chi connectivity index (χ2v) is 4.12. The van der Waals surface area contributed by atoms with E-state index in [1.807, 2.05) is 12.3 Å². The molecule has 0 saturated heterocycles. The number of hydrogen-bond donors (Lipinski definition) is 1. The van der Waals surface area contributed by atoms with Crippen LogP contribution in [0, 0.1) is 11.3 Å². The molecule has 1 N–H and O–H groups in total. The third-order valence-corrected chi connectivity index (χ3v) is 2.74. The van der Waals surface area contributed by atoms with Gasteiger partial charge in [-0.25, -0.2) is 4.98 Å². The normalized spacial score (nSPS) is 9.78. The number of thioether (sulfide) groups is 1. The molecular weight excluding hydrogens is 250 g/mol. The zero-order valence-electron chi connectivity index (χ0n) is 9.51. The summed E-state index contributed by atoms with van der Waals surface area (Å²) in [7, 11) is 0. The second kappa shape index (κ2) is 5.38. The van der Waals surface area contributed by atoms with Crippen LogP contribution in [-0.2, 0) is 0 Å². The fourth-order valence-corrected chi connectivity index (χ4v) is 1.62. The zero-order chi connectivity index (χ0) is 13.0. The number of nitrogens with one attached hydrogen (secondary N) is 1. The number of nitrogens with zero attached hydrogens (tertiary/aromatic N) is 2. The Morgan fingerprint density at radius 3 is 2.67 bits per heavy atom. The van der Waals surface area contributed by atoms with Crippen molar-refractivity contribution in [3.05, 3.63) is 46.4 Å². The molecule has 0 radical (unpaired) electrons. The van der Waals surface area contributed by atoms with Gasteiger partial charge in [-0.1, -0.05) is 11.8 Å². The highest BCUT2D eigenvalue weighted by Crippen LogP contribution is 2.18. The van der Waals surface area contributed by atoms with Gasteiger partial charge in [0.1, 0.15) is 5.75 Å². The molecule has 0 saturated carbocycles. The molecule has 2 aromatic rings. The summed E-state index contributed by atoms with van der Waals surface area (Å²) in [5, 5.41) is 9.20. The number of ether oxygens (including phenoxy) is 1. The number of nitriles is 1. The van der Waals surface area contributed by atoms with E-state index in [9.17, 15) is 4.79 Å². The molecule has 0 atom stereocenters. The van der Waals surface area contributed by atoms with E-state index in [-0.39, 0.29) is 11.3 Å². The van der Waals surface area contributed by atoms with Crippen molar-refractivity contribution in [2.75, 3.05) is 6.26 Å². The monoisotopic (exact) mass is 259 g/mol. The van der Waals surface area contributed by atoms with Crippen LogP contribution in [0.1, 0.15) is 5.56 Å². The third-order valence-electron chi connectivity index (χ3n) is 2.15. The van der Waals surface area contributed by atoms with Gasteiger partial charge >= 0.3 is 0 Å². The maximum absolute atomic E-state index is 11.6. The molecule has 2 rings (SSSR count). The smallest absolute Gasteiger partial charge is 0.294 e. The van der Waals surface area contributed by atoms with E-state index in [0.717, 1.165) is 0 Å². The zero-order valence-corrected chi connectivity index (χ0v) is 10.3. The van der Waals surface area contributed by atoms with Gasteiger partial charge in [0.2, 0.25) is 5.75 Å². The Bertz CT molecular complexity index is 644. The number of aromatic amines is 1. The first-order valence-corrected chi connectivity index (χ1v) is 6.26. The topological polar surface area (TPSA) is 78.8 Å². The van der Waals surface area contributed by atoms with E-state index in [4.69, 9.17) is 10.00 Å². The summed E-state index contributed by atoms with van der Waals surface area (Å²) in [5.74, 6) is 0.607. The van der Waals surface area contributed by atoms with Crippen molar-refractivity contribution in [1.82, 2.24) is 9.97 Å². The van der Waals surface area contributed by atoms with Gasteiger partial charge < -0.3 is 4.74 Å². The highest BCUT2D eigenvalue weighted by molar-refractivity contribution is 7.98. The molecule has 0 unspecified atom stereocenters. The molecule has 0 fully saturated rings. The van der Waals surface area contributed by atoms with Crippen LogP contribution in [0.5, 0.6) is 11.5 Å². The van der Waals surface area contributed by atoms with Crippen LogP contribution in [0.15, 0.2) is 40.4 Å².